The summed E-state index contributed by atoms with van der Waals surface area (Å²) in [6.07, 6.45) is 3.35. The van der Waals surface area contributed by atoms with Gasteiger partial charge in [-0.15, -0.1) is 0 Å². The highest BCUT2D eigenvalue weighted by atomic mass is 19.1. The number of alkyl halides is 1. The Labute approximate surface area is 134 Å². The number of aromatic nitrogens is 1. The van der Waals surface area contributed by atoms with Gasteiger partial charge < -0.3 is 14.4 Å². The Morgan fingerprint density at radius 3 is 2.91 bits per heavy atom. The van der Waals surface area contributed by atoms with Crippen molar-refractivity contribution in [2.45, 2.75) is 43.6 Å². The van der Waals surface area contributed by atoms with Crippen LogP contribution < -0.4 is 4.74 Å². The summed E-state index contributed by atoms with van der Waals surface area (Å²) >= 11 is 0. The number of halogens is 1. The van der Waals surface area contributed by atoms with Crippen LogP contribution in [0.3, 0.4) is 0 Å². The number of ether oxygens (including phenoxy) is 2. The molecular weight excluding hydrogens is 299 g/mol. The number of hydrogen-bond acceptors (Lipinski definition) is 4. The van der Waals surface area contributed by atoms with E-state index in [4.69, 9.17) is 9.47 Å². The van der Waals surface area contributed by atoms with Crippen molar-refractivity contribution in [1.29, 1.82) is 0 Å². The first-order valence-corrected chi connectivity index (χ1v) is 8.28. The van der Waals surface area contributed by atoms with Crippen LogP contribution in [0.5, 0.6) is 5.88 Å². The van der Waals surface area contributed by atoms with Crippen molar-refractivity contribution in [2.24, 2.45) is 5.92 Å². The Bertz CT molecular complexity index is 570. The monoisotopic (exact) mass is 320 g/mol. The third-order valence-electron chi connectivity index (χ3n) is 5.07. The summed E-state index contributed by atoms with van der Waals surface area (Å²) in [5.74, 6) is 0.595. The summed E-state index contributed by atoms with van der Waals surface area (Å²) in [6.45, 7) is 1.83. The Hall–Kier alpha value is -1.69. The van der Waals surface area contributed by atoms with E-state index in [-0.39, 0.29) is 23.5 Å². The first-order chi connectivity index (χ1) is 11.1. The number of amides is 1. The van der Waals surface area contributed by atoms with E-state index in [9.17, 15) is 9.18 Å². The molecule has 4 rings (SSSR count). The standard InChI is InChI=1S/C17H21FN2O3/c18-13-7-12(8-13)16(21)20-10-17(11-20)9-14(4-6-22-17)23-15-3-1-2-5-19-15/h1-3,5,12-14H,4,6-11H2/t12?,13?,14-/m0/s1. The van der Waals surface area contributed by atoms with Crippen molar-refractivity contribution in [3.8, 4) is 5.88 Å². The smallest absolute Gasteiger partial charge is 0.226 e. The number of rotatable bonds is 3. The molecule has 6 heteroatoms. The maximum absolute atomic E-state index is 12.9. The van der Waals surface area contributed by atoms with Crippen LogP contribution >= 0.6 is 0 Å². The number of carbonyl (C=O) groups is 1. The number of likely N-dealkylation sites (tertiary alicyclic amines) is 1. The maximum Gasteiger partial charge on any atom is 0.226 e. The fraction of sp³-hybridized carbons (Fsp3) is 0.647. The molecule has 5 nitrogen and oxygen atoms in total. The Morgan fingerprint density at radius 1 is 1.39 bits per heavy atom. The van der Waals surface area contributed by atoms with E-state index in [0.29, 0.717) is 38.4 Å². The van der Waals surface area contributed by atoms with Crippen LogP contribution in [0.1, 0.15) is 25.7 Å². The Kier molecular flexibility index (Phi) is 3.71. The molecule has 1 atom stereocenters. The number of pyridine rings is 1. The van der Waals surface area contributed by atoms with Crippen LogP contribution in [0.4, 0.5) is 4.39 Å². The molecule has 1 amide bonds. The lowest BCUT2D eigenvalue weighted by Crippen LogP contribution is -2.68. The summed E-state index contributed by atoms with van der Waals surface area (Å²) in [7, 11) is 0. The lowest BCUT2D eigenvalue weighted by Gasteiger charge is -2.54. The zero-order valence-corrected chi connectivity index (χ0v) is 13.0. The molecule has 2 aliphatic heterocycles. The van der Waals surface area contributed by atoms with Crippen LogP contribution in [-0.4, -0.2) is 53.4 Å². The Morgan fingerprint density at radius 2 is 2.22 bits per heavy atom. The van der Waals surface area contributed by atoms with Gasteiger partial charge in [-0.05, 0) is 18.9 Å². The van der Waals surface area contributed by atoms with Gasteiger partial charge in [0.1, 0.15) is 17.9 Å². The minimum absolute atomic E-state index is 0.0647. The molecule has 2 saturated heterocycles. The van der Waals surface area contributed by atoms with E-state index >= 15 is 0 Å². The summed E-state index contributed by atoms with van der Waals surface area (Å²) in [4.78, 5) is 18.2. The van der Waals surface area contributed by atoms with Gasteiger partial charge in [0.05, 0.1) is 19.7 Å². The van der Waals surface area contributed by atoms with Gasteiger partial charge in [-0.1, -0.05) is 6.07 Å². The molecule has 3 heterocycles. The molecule has 1 aliphatic carbocycles. The second kappa shape index (κ2) is 5.74. The van der Waals surface area contributed by atoms with Gasteiger partial charge in [0, 0.05) is 31.0 Å². The molecule has 0 radical (unpaired) electrons. The number of nitrogens with zero attached hydrogens (tertiary/aromatic N) is 2. The highest BCUT2D eigenvalue weighted by Gasteiger charge is 2.52. The molecule has 0 unspecified atom stereocenters. The molecule has 3 fully saturated rings. The zero-order valence-electron chi connectivity index (χ0n) is 13.0. The van der Waals surface area contributed by atoms with Crippen molar-refractivity contribution in [1.82, 2.24) is 9.88 Å². The van der Waals surface area contributed by atoms with Crippen molar-refractivity contribution in [3.05, 3.63) is 24.4 Å². The van der Waals surface area contributed by atoms with Crippen molar-refractivity contribution in [2.75, 3.05) is 19.7 Å². The molecule has 23 heavy (non-hydrogen) atoms. The highest BCUT2D eigenvalue weighted by molar-refractivity contribution is 5.81. The minimum Gasteiger partial charge on any atom is -0.474 e. The zero-order chi connectivity index (χ0) is 15.9. The molecule has 0 aromatic carbocycles. The van der Waals surface area contributed by atoms with Gasteiger partial charge in [0.25, 0.3) is 0 Å². The number of hydrogen-bond donors (Lipinski definition) is 0. The van der Waals surface area contributed by atoms with Gasteiger partial charge in [-0.3, -0.25) is 4.79 Å². The van der Waals surface area contributed by atoms with Gasteiger partial charge >= 0.3 is 0 Å². The highest BCUT2D eigenvalue weighted by Crippen LogP contribution is 2.39. The molecule has 0 N–H and O–H groups in total. The van der Waals surface area contributed by atoms with E-state index in [1.54, 1.807) is 11.1 Å². The third kappa shape index (κ3) is 2.92. The second-order valence-corrected chi connectivity index (χ2v) is 6.89. The summed E-state index contributed by atoms with van der Waals surface area (Å²) in [5, 5.41) is 0. The molecule has 124 valence electrons. The molecule has 1 spiro atoms. The SMILES string of the molecule is O=C(C1CC(F)C1)N1CC2(C[C@@H](Oc3ccccn3)CCO2)C1. The fourth-order valence-electron chi connectivity index (χ4n) is 3.70. The van der Waals surface area contributed by atoms with Gasteiger partial charge in [-0.2, -0.15) is 0 Å². The molecular formula is C17H21FN2O3. The third-order valence-corrected chi connectivity index (χ3v) is 5.07. The summed E-state index contributed by atoms with van der Waals surface area (Å²) in [6, 6.07) is 5.61. The van der Waals surface area contributed by atoms with Crippen molar-refractivity contribution in [3.63, 3.8) is 0 Å². The lowest BCUT2D eigenvalue weighted by atomic mass is 9.79. The fourth-order valence-corrected chi connectivity index (χ4v) is 3.70. The van der Waals surface area contributed by atoms with Gasteiger partial charge in [-0.25, -0.2) is 9.37 Å². The van der Waals surface area contributed by atoms with Crippen LogP contribution in [0.25, 0.3) is 0 Å². The van der Waals surface area contributed by atoms with E-state index in [0.717, 1.165) is 12.8 Å². The van der Waals surface area contributed by atoms with Crippen molar-refractivity contribution >= 4 is 5.91 Å². The maximum atomic E-state index is 12.9. The first-order valence-electron chi connectivity index (χ1n) is 8.28. The average Bonchev–Trinajstić information content (AvgIpc) is 2.50. The van der Waals surface area contributed by atoms with E-state index in [2.05, 4.69) is 4.98 Å². The van der Waals surface area contributed by atoms with Crippen LogP contribution in [0.2, 0.25) is 0 Å². The minimum atomic E-state index is -0.790. The molecule has 1 aromatic rings. The van der Waals surface area contributed by atoms with Crippen LogP contribution in [0, 0.1) is 5.92 Å². The lowest BCUT2D eigenvalue weighted by molar-refractivity contribution is -0.197. The molecule has 0 bridgehead atoms. The number of carbonyl (C=O) groups excluding carboxylic acids is 1. The molecule has 3 aliphatic rings. The quantitative estimate of drug-likeness (QED) is 0.854. The van der Waals surface area contributed by atoms with Crippen LogP contribution in [0.15, 0.2) is 24.4 Å². The topological polar surface area (TPSA) is 51.7 Å². The Balaban J connectivity index is 1.31. The predicted octanol–water partition coefficient (Wildman–Crippen LogP) is 1.97. The first kappa shape index (κ1) is 14.9. The van der Waals surface area contributed by atoms with E-state index in [1.165, 1.54) is 0 Å². The van der Waals surface area contributed by atoms with Gasteiger partial charge in [0.15, 0.2) is 0 Å². The molecule has 1 saturated carbocycles. The average molecular weight is 320 g/mol. The predicted molar refractivity (Wildman–Crippen MR) is 80.8 cm³/mol. The summed E-state index contributed by atoms with van der Waals surface area (Å²) < 4.78 is 24.8. The second-order valence-electron chi connectivity index (χ2n) is 6.89. The van der Waals surface area contributed by atoms with Crippen molar-refractivity contribution < 1.29 is 18.7 Å². The van der Waals surface area contributed by atoms with Gasteiger partial charge in [0.2, 0.25) is 11.8 Å². The van der Waals surface area contributed by atoms with E-state index < -0.39 is 6.17 Å². The van der Waals surface area contributed by atoms with Crippen LogP contribution in [-0.2, 0) is 9.53 Å². The normalized spacial score (nSPS) is 32.0. The summed E-state index contributed by atoms with van der Waals surface area (Å²) in [5.41, 5.74) is -0.285. The van der Waals surface area contributed by atoms with E-state index in [1.807, 2.05) is 18.2 Å². The largest absolute Gasteiger partial charge is 0.474 e. The molecule has 1 aromatic heterocycles.